The predicted molar refractivity (Wildman–Crippen MR) is 109 cm³/mol. The first-order chi connectivity index (χ1) is 13.5. The molecule has 1 heterocycles. The number of methoxy groups -OCH3 is 2. The van der Waals surface area contributed by atoms with Crippen LogP contribution in [0.5, 0.6) is 5.75 Å². The second-order valence-corrected chi connectivity index (χ2v) is 6.30. The number of aryl methyl sites for hydroxylation is 1. The van der Waals surface area contributed by atoms with Gasteiger partial charge in [0.1, 0.15) is 11.6 Å². The normalized spacial score (nSPS) is 10.3. The molecule has 0 fully saturated rings. The molecule has 144 valence electrons. The van der Waals surface area contributed by atoms with E-state index in [2.05, 4.69) is 20.6 Å². The Balaban J connectivity index is 1.82. The van der Waals surface area contributed by atoms with Gasteiger partial charge in [-0.3, -0.25) is 0 Å². The summed E-state index contributed by atoms with van der Waals surface area (Å²) in [4.78, 5) is 20.4. The molecule has 0 bridgehead atoms. The number of nitrogens with one attached hydrogen (secondary N) is 2. The number of anilines is 4. The Morgan fingerprint density at radius 1 is 1.11 bits per heavy atom. The van der Waals surface area contributed by atoms with Crippen LogP contribution in [0.3, 0.4) is 0 Å². The second kappa shape index (κ2) is 8.58. The topological polar surface area (TPSA) is 85.4 Å². The van der Waals surface area contributed by atoms with Gasteiger partial charge < -0.3 is 20.1 Å². The Kier molecular flexibility index (Phi) is 5.96. The summed E-state index contributed by atoms with van der Waals surface area (Å²) in [6.07, 6.45) is 1.62. The van der Waals surface area contributed by atoms with Crippen molar-refractivity contribution in [2.45, 2.75) is 6.92 Å². The van der Waals surface area contributed by atoms with Crippen molar-refractivity contribution in [1.82, 2.24) is 9.97 Å². The molecule has 3 rings (SSSR count). The Bertz CT molecular complexity index is 1010. The van der Waals surface area contributed by atoms with E-state index in [4.69, 9.17) is 21.1 Å². The molecule has 0 aliphatic rings. The lowest BCUT2D eigenvalue weighted by Crippen LogP contribution is -2.04. The largest absolute Gasteiger partial charge is 0.495 e. The molecule has 0 atom stereocenters. The summed E-state index contributed by atoms with van der Waals surface area (Å²) in [6.45, 7) is 1.90. The van der Waals surface area contributed by atoms with Crippen LogP contribution < -0.4 is 15.4 Å². The van der Waals surface area contributed by atoms with E-state index in [0.29, 0.717) is 39.5 Å². The number of hydrogen-bond acceptors (Lipinski definition) is 7. The fraction of sp³-hybridized carbons (Fsp3) is 0.150. The van der Waals surface area contributed by atoms with Crippen molar-refractivity contribution >= 4 is 40.7 Å². The monoisotopic (exact) mass is 398 g/mol. The Labute approximate surface area is 167 Å². The van der Waals surface area contributed by atoms with Gasteiger partial charge in [-0.2, -0.15) is 4.98 Å². The molecule has 0 aliphatic heterocycles. The van der Waals surface area contributed by atoms with E-state index in [0.717, 1.165) is 5.56 Å². The van der Waals surface area contributed by atoms with Crippen molar-refractivity contribution in [2.24, 2.45) is 0 Å². The summed E-state index contributed by atoms with van der Waals surface area (Å²) >= 11 is 6.15. The average Bonchev–Trinajstić information content (AvgIpc) is 2.70. The molecule has 2 aromatic carbocycles. The van der Waals surface area contributed by atoms with E-state index in [1.165, 1.54) is 7.11 Å². The molecule has 0 spiro atoms. The van der Waals surface area contributed by atoms with Gasteiger partial charge in [0.15, 0.2) is 0 Å². The van der Waals surface area contributed by atoms with Gasteiger partial charge >= 0.3 is 5.97 Å². The van der Waals surface area contributed by atoms with Gasteiger partial charge in [0, 0.05) is 23.0 Å². The van der Waals surface area contributed by atoms with Crippen LogP contribution in [-0.4, -0.2) is 30.2 Å². The number of halogens is 1. The maximum absolute atomic E-state index is 11.7. The third-order valence-corrected chi connectivity index (χ3v) is 4.35. The van der Waals surface area contributed by atoms with Gasteiger partial charge in [0.25, 0.3) is 0 Å². The van der Waals surface area contributed by atoms with Gasteiger partial charge in [-0.05, 0) is 42.8 Å². The molecule has 28 heavy (non-hydrogen) atoms. The fourth-order valence-electron chi connectivity index (χ4n) is 2.53. The molecular weight excluding hydrogens is 380 g/mol. The van der Waals surface area contributed by atoms with E-state index in [1.807, 2.05) is 19.1 Å². The molecular formula is C20H19ClN4O3. The first-order valence-corrected chi connectivity index (χ1v) is 8.77. The van der Waals surface area contributed by atoms with E-state index in [1.54, 1.807) is 43.6 Å². The molecule has 2 N–H and O–H groups in total. The van der Waals surface area contributed by atoms with Crippen molar-refractivity contribution in [3.05, 3.63) is 64.8 Å². The van der Waals surface area contributed by atoms with Crippen molar-refractivity contribution in [3.8, 4) is 5.75 Å². The minimum absolute atomic E-state index is 0.383. The van der Waals surface area contributed by atoms with Crippen molar-refractivity contribution in [3.63, 3.8) is 0 Å². The van der Waals surface area contributed by atoms with Crippen LogP contribution in [0.4, 0.5) is 23.1 Å². The molecule has 0 saturated carbocycles. The maximum atomic E-state index is 11.7. The average molecular weight is 399 g/mol. The smallest absolute Gasteiger partial charge is 0.337 e. The van der Waals surface area contributed by atoms with Crippen molar-refractivity contribution in [2.75, 3.05) is 24.9 Å². The number of nitrogens with zero attached hydrogens (tertiary/aromatic N) is 2. The van der Waals surface area contributed by atoms with E-state index < -0.39 is 5.97 Å². The lowest BCUT2D eigenvalue weighted by molar-refractivity contribution is 0.0601. The number of aromatic nitrogens is 2. The number of ether oxygens (including phenoxy) is 2. The number of esters is 1. The highest BCUT2D eigenvalue weighted by atomic mass is 35.5. The lowest BCUT2D eigenvalue weighted by atomic mass is 10.2. The number of carbonyl (C=O) groups is 1. The molecule has 0 aliphatic carbocycles. The molecule has 0 amide bonds. The summed E-state index contributed by atoms with van der Waals surface area (Å²) in [5.41, 5.74) is 2.75. The summed E-state index contributed by atoms with van der Waals surface area (Å²) in [6, 6.07) is 12.3. The molecule has 0 radical (unpaired) electrons. The van der Waals surface area contributed by atoms with E-state index in [-0.39, 0.29) is 0 Å². The molecule has 3 aromatic rings. The van der Waals surface area contributed by atoms with Crippen LogP contribution in [0.2, 0.25) is 5.02 Å². The van der Waals surface area contributed by atoms with Crippen LogP contribution in [0, 0.1) is 6.92 Å². The molecule has 1 aromatic heterocycles. The molecule has 0 unspecified atom stereocenters. The zero-order valence-electron chi connectivity index (χ0n) is 15.6. The quantitative estimate of drug-likeness (QED) is 0.581. The van der Waals surface area contributed by atoms with Gasteiger partial charge in [-0.25, -0.2) is 9.78 Å². The van der Waals surface area contributed by atoms with Crippen LogP contribution >= 0.6 is 11.6 Å². The molecule has 0 saturated heterocycles. The summed E-state index contributed by atoms with van der Waals surface area (Å²) in [5.74, 6) is 1.13. The van der Waals surface area contributed by atoms with E-state index >= 15 is 0 Å². The number of hydrogen-bond donors (Lipinski definition) is 2. The van der Waals surface area contributed by atoms with Gasteiger partial charge in [-0.15, -0.1) is 0 Å². The predicted octanol–water partition coefficient (Wildman–Crippen LogP) is 4.72. The Morgan fingerprint density at radius 3 is 2.68 bits per heavy atom. The highest BCUT2D eigenvalue weighted by molar-refractivity contribution is 6.31. The van der Waals surface area contributed by atoms with Gasteiger partial charge in [0.2, 0.25) is 5.95 Å². The third kappa shape index (κ3) is 4.50. The summed E-state index contributed by atoms with van der Waals surface area (Å²) in [7, 11) is 2.91. The van der Waals surface area contributed by atoms with Crippen LogP contribution in [-0.2, 0) is 4.74 Å². The first-order valence-electron chi connectivity index (χ1n) is 8.39. The molecule has 7 nitrogen and oxygen atoms in total. The SMILES string of the molecule is COC(=O)c1cccc(Nc2ccnc(Nc3cc(C)c(Cl)cc3OC)n2)c1. The molecule has 8 heteroatoms. The Hall–Kier alpha value is -3.32. The standard InChI is InChI=1S/C20H19ClN4O3/c1-12-9-16(17(27-2)11-15(12)21)24-20-22-8-7-18(25-20)23-14-6-4-5-13(10-14)19(26)28-3/h4-11H,1-3H3,(H2,22,23,24,25). The summed E-state index contributed by atoms with van der Waals surface area (Å²) in [5, 5.41) is 6.90. The van der Waals surface area contributed by atoms with Crippen LogP contribution in [0.25, 0.3) is 0 Å². The second-order valence-electron chi connectivity index (χ2n) is 5.89. The van der Waals surface area contributed by atoms with Crippen molar-refractivity contribution < 1.29 is 14.3 Å². The highest BCUT2D eigenvalue weighted by Crippen LogP contribution is 2.32. The lowest BCUT2D eigenvalue weighted by Gasteiger charge is -2.13. The third-order valence-electron chi connectivity index (χ3n) is 3.94. The van der Waals surface area contributed by atoms with Crippen LogP contribution in [0.1, 0.15) is 15.9 Å². The maximum Gasteiger partial charge on any atom is 0.337 e. The highest BCUT2D eigenvalue weighted by Gasteiger charge is 2.10. The van der Waals surface area contributed by atoms with Gasteiger partial charge in [0.05, 0.1) is 25.5 Å². The number of rotatable bonds is 6. The summed E-state index contributed by atoms with van der Waals surface area (Å²) < 4.78 is 10.1. The first kappa shape index (κ1) is 19.4. The number of benzene rings is 2. The van der Waals surface area contributed by atoms with E-state index in [9.17, 15) is 4.79 Å². The fourth-order valence-corrected chi connectivity index (χ4v) is 2.68. The Morgan fingerprint density at radius 2 is 1.93 bits per heavy atom. The van der Waals surface area contributed by atoms with Crippen molar-refractivity contribution in [1.29, 1.82) is 0 Å². The zero-order chi connectivity index (χ0) is 20.1. The minimum Gasteiger partial charge on any atom is -0.495 e. The zero-order valence-corrected chi connectivity index (χ0v) is 16.4. The van der Waals surface area contributed by atoms with Gasteiger partial charge in [-0.1, -0.05) is 17.7 Å². The minimum atomic E-state index is -0.404. The van der Waals surface area contributed by atoms with Crippen LogP contribution in [0.15, 0.2) is 48.7 Å². The number of carbonyl (C=O) groups excluding carboxylic acids is 1.